The van der Waals surface area contributed by atoms with Gasteiger partial charge in [0.05, 0.1) is 23.0 Å². The molecule has 1 aliphatic heterocycles. The van der Waals surface area contributed by atoms with E-state index in [9.17, 15) is 13.2 Å². The van der Waals surface area contributed by atoms with Crippen molar-refractivity contribution in [3.05, 3.63) is 82.4 Å². The van der Waals surface area contributed by atoms with Crippen LogP contribution in [0.3, 0.4) is 0 Å². The first kappa shape index (κ1) is 21.8. The zero-order valence-corrected chi connectivity index (χ0v) is 19.8. The van der Waals surface area contributed by atoms with Crippen molar-refractivity contribution in [2.45, 2.75) is 24.3 Å². The summed E-state index contributed by atoms with van der Waals surface area (Å²) in [6.45, 7) is 1.04. The summed E-state index contributed by atoms with van der Waals surface area (Å²) < 4.78 is 37.3. The standard InChI is InChI=1S/C23H19ClN4O3S2/c24-17-10-11-18(23(29)28-12-4-7-15-5-1-2-6-16(15)14-28)20(13-17)27-33(30,31)21-9-3-8-19-22(21)26-32-25-19/h1-3,5-6,8-11,13,27H,4,7,12,14H2. The van der Waals surface area contributed by atoms with Gasteiger partial charge in [-0.3, -0.25) is 9.52 Å². The number of fused-ring (bicyclic) bond motifs is 2. The van der Waals surface area contributed by atoms with Crippen LogP contribution in [-0.4, -0.2) is 34.5 Å². The van der Waals surface area contributed by atoms with Gasteiger partial charge in [-0.2, -0.15) is 8.75 Å². The van der Waals surface area contributed by atoms with E-state index in [4.69, 9.17) is 11.6 Å². The van der Waals surface area contributed by atoms with Crippen molar-refractivity contribution in [2.24, 2.45) is 0 Å². The van der Waals surface area contributed by atoms with Crippen LogP contribution in [0.1, 0.15) is 27.9 Å². The quantitative estimate of drug-likeness (QED) is 0.439. The average molecular weight is 499 g/mol. The minimum absolute atomic E-state index is 0.00387. The summed E-state index contributed by atoms with van der Waals surface area (Å²) in [5, 5.41) is 0.319. The van der Waals surface area contributed by atoms with E-state index in [1.165, 1.54) is 17.7 Å². The molecule has 0 bridgehead atoms. The molecule has 0 radical (unpaired) electrons. The molecule has 0 aliphatic carbocycles. The summed E-state index contributed by atoms with van der Waals surface area (Å²) in [7, 11) is -4.04. The summed E-state index contributed by atoms with van der Waals surface area (Å²) in [6, 6.07) is 17.4. The second kappa shape index (κ2) is 8.74. The molecule has 33 heavy (non-hydrogen) atoms. The molecule has 0 fully saturated rings. The first-order valence-corrected chi connectivity index (χ1v) is 12.9. The monoisotopic (exact) mass is 498 g/mol. The number of aryl methyl sites for hydroxylation is 1. The maximum Gasteiger partial charge on any atom is 0.264 e. The van der Waals surface area contributed by atoms with Crippen LogP contribution in [0.25, 0.3) is 11.0 Å². The first-order valence-electron chi connectivity index (χ1n) is 10.3. The molecular weight excluding hydrogens is 480 g/mol. The van der Waals surface area contributed by atoms with Gasteiger partial charge in [-0.05, 0) is 54.3 Å². The number of carbonyl (C=O) groups excluding carboxylic acids is 1. The van der Waals surface area contributed by atoms with Crippen LogP contribution in [0.5, 0.6) is 0 Å². The predicted molar refractivity (Wildman–Crippen MR) is 129 cm³/mol. The Morgan fingerprint density at radius 1 is 1.03 bits per heavy atom. The molecule has 0 unspecified atom stereocenters. The summed E-state index contributed by atoms with van der Waals surface area (Å²) >= 11 is 7.11. The second-order valence-corrected chi connectivity index (χ2v) is 10.4. The highest BCUT2D eigenvalue weighted by molar-refractivity contribution is 7.93. The van der Waals surface area contributed by atoms with Crippen molar-refractivity contribution in [1.29, 1.82) is 0 Å². The number of nitrogens with one attached hydrogen (secondary N) is 1. The molecule has 1 amide bonds. The van der Waals surface area contributed by atoms with E-state index >= 15 is 0 Å². The van der Waals surface area contributed by atoms with Crippen molar-refractivity contribution in [3.63, 3.8) is 0 Å². The van der Waals surface area contributed by atoms with E-state index in [2.05, 4.69) is 19.5 Å². The molecule has 4 aromatic rings. The van der Waals surface area contributed by atoms with E-state index in [0.29, 0.717) is 23.6 Å². The molecular formula is C23H19ClN4O3S2. The van der Waals surface area contributed by atoms with Crippen LogP contribution >= 0.6 is 23.3 Å². The van der Waals surface area contributed by atoms with Crippen molar-refractivity contribution >= 4 is 56.0 Å². The Morgan fingerprint density at radius 3 is 2.70 bits per heavy atom. The van der Waals surface area contributed by atoms with Crippen LogP contribution in [0.15, 0.2) is 65.6 Å². The molecule has 5 rings (SSSR count). The van der Waals surface area contributed by atoms with Crippen molar-refractivity contribution < 1.29 is 13.2 Å². The normalized spacial score (nSPS) is 14.0. The van der Waals surface area contributed by atoms with Gasteiger partial charge in [-0.1, -0.05) is 41.9 Å². The molecule has 0 spiro atoms. The van der Waals surface area contributed by atoms with E-state index in [0.717, 1.165) is 30.1 Å². The molecule has 0 saturated carbocycles. The van der Waals surface area contributed by atoms with Gasteiger partial charge in [0, 0.05) is 18.1 Å². The molecule has 168 valence electrons. The van der Waals surface area contributed by atoms with Gasteiger partial charge in [-0.25, -0.2) is 8.42 Å². The lowest BCUT2D eigenvalue weighted by Gasteiger charge is -2.23. The number of carbonyl (C=O) groups is 1. The summed E-state index contributed by atoms with van der Waals surface area (Å²) in [6.07, 6.45) is 1.72. The summed E-state index contributed by atoms with van der Waals surface area (Å²) in [4.78, 5) is 15.3. The number of sulfonamides is 1. The van der Waals surface area contributed by atoms with Gasteiger partial charge in [0.1, 0.15) is 15.9 Å². The highest BCUT2D eigenvalue weighted by Gasteiger charge is 2.26. The molecule has 1 aliphatic rings. The number of halogens is 1. The fourth-order valence-electron chi connectivity index (χ4n) is 4.03. The minimum Gasteiger partial charge on any atom is -0.334 e. The molecule has 1 N–H and O–H groups in total. The van der Waals surface area contributed by atoms with E-state index in [1.54, 1.807) is 29.2 Å². The number of benzene rings is 3. The number of rotatable bonds is 4. The van der Waals surface area contributed by atoms with Crippen LogP contribution in [0.4, 0.5) is 5.69 Å². The van der Waals surface area contributed by atoms with Crippen LogP contribution in [0, 0.1) is 0 Å². The summed E-state index contributed by atoms with van der Waals surface area (Å²) in [5.41, 5.74) is 3.48. The lowest BCUT2D eigenvalue weighted by Crippen LogP contribution is -2.31. The highest BCUT2D eigenvalue weighted by atomic mass is 35.5. The lowest BCUT2D eigenvalue weighted by atomic mass is 10.0. The van der Waals surface area contributed by atoms with Crippen LogP contribution in [0.2, 0.25) is 5.02 Å². The smallest absolute Gasteiger partial charge is 0.264 e. The third kappa shape index (κ3) is 4.31. The van der Waals surface area contributed by atoms with Gasteiger partial charge >= 0.3 is 0 Å². The maximum absolute atomic E-state index is 13.5. The molecule has 7 nitrogen and oxygen atoms in total. The minimum atomic E-state index is -4.04. The Morgan fingerprint density at radius 2 is 1.85 bits per heavy atom. The van der Waals surface area contributed by atoms with Crippen molar-refractivity contribution in [2.75, 3.05) is 11.3 Å². The fraction of sp³-hybridized carbons (Fsp3) is 0.174. The molecule has 0 atom stereocenters. The number of hydrogen-bond acceptors (Lipinski definition) is 6. The fourth-order valence-corrected chi connectivity index (χ4v) is 6.04. The Labute approximate surface area is 200 Å². The maximum atomic E-state index is 13.5. The molecule has 3 aromatic carbocycles. The topological polar surface area (TPSA) is 92.3 Å². The average Bonchev–Trinajstić information content (AvgIpc) is 3.17. The predicted octanol–water partition coefficient (Wildman–Crippen LogP) is 4.73. The van der Waals surface area contributed by atoms with Gasteiger partial charge in [0.15, 0.2) is 0 Å². The Hall–Kier alpha value is -3.01. The molecule has 0 saturated heterocycles. The van der Waals surface area contributed by atoms with Crippen molar-refractivity contribution in [1.82, 2.24) is 13.6 Å². The lowest BCUT2D eigenvalue weighted by molar-refractivity contribution is 0.0747. The third-order valence-corrected chi connectivity index (χ3v) is 7.81. The van der Waals surface area contributed by atoms with Crippen LogP contribution in [-0.2, 0) is 23.0 Å². The molecule has 2 heterocycles. The summed E-state index contributed by atoms with van der Waals surface area (Å²) in [5.74, 6) is -0.255. The largest absolute Gasteiger partial charge is 0.334 e. The number of hydrogen-bond donors (Lipinski definition) is 1. The molecule has 10 heteroatoms. The zero-order chi connectivity index (χ0) is 23.0. The first-order chi connectivity index (χ1) is 15.9. The van der Waals surface area contributed by atoms with Gasteiger partial charge < -0.3 is 4.90 Å². The second-order valence-electron chi connectivity index (χ2n) is 7.78. The number of amides is 1. The molecule has 1 aromatic heterocycles. The Balaban J connectivity index is 1.50. The van der Waals surface area contributed by atoms with Gasteiger partial charge in [-0.15, -0.1) is 0 Å². The SMILES string of the molecule is O=C(c1ccc(Cl)cc1NS(=O)(=O)c1cccc2nsnc12)N1CCCc2ccccc2C1. The Kier molecular flexibility index (Phi) is 5.77. The number of aromatic nitrogens is 2. The number of nitrogens with zero attached hydrogens (tertiary/aromatic N) is 3. The third-order valence-electron chi connectivity index (χ3n) is 5.64. The van der Waals surface area contributed by atoms with Crippen molar-refractivity contribution in [3.8, 4) is 0 Å². The highest BCUT2D eigenvalue weighted by Crippen LogP contribution is 2.29. The Bertz CT molecular complexity index is 1470. The van der Waals surface area contributed by atoms with E-state index in [1.807, 2.05) is 18.2 Å². The van der Waals surface area contributed by atoms with E-state index < -0.39 is 10.0 Å². The zero-order valence-electron chi connectivity index (χ0n) is 17.4. The van der Waals surface area contributed by atoms with Gasteiger partial charge in [0.2, 0.25) is 0 Å². The van der Waals surface area contributed by atoms with E-state index in [-0.39, 0.29) is 27.6 Å². The van der Waals surface area contributed by atoms with Crippen LogP contribution < -0.4 is 4.72 Å². The number of anilines is 1. The van der Waals surface area contributed by atoms with Gasteiger partial charge in [0.25, 0.3) is 15.9 Å².